The number of aliphatic hydroxyl groups is 2. The predicted molar refractivity (Wildman–Crippen MR) is 195 cm³/mol. The van der Waals surface area contributed by atoms with Gasteiger partial charge in [0.25, 0.3) is 10.0 Å². The zero-order chi connectivity index (χ0) is 35.2. The summed E-state index contributed by atoms with van der Waals surface area (Å²) in [6, 6.07) is 7.05. The molecule has 0 aliphatic heterocycles. The van der Waals surface area contributed by atoms with E-state index in [1.165, 1.54) is 30.6 Å². The molecule has 2 aromatic rings. The number of fused-ring (bicyclic) bond motifs is 1. The Bertz CT molecular complexity index is 1880. The van der Waals surface area contributed by atoms with Crippen LogP contribution >= 0.6 is 11.3 Å². The second-order valence-electron chi connectivity index (χ2n) is 19.2. The van der Waals surface area contributed by atoms with E-state index in [0.717, 1.165) is 50.5 Å². The molecule has 0 saturated heterocycles. The Balaban J connectivity index is 1.06. The molecule has 1 unspecified atom stereocenters. The number of ketones is 1. The Kier molecular flexibility index (Phi) is 7.10. The van der Waals surface area contributed by atoms with Gasteiger partial charge < -0.3 is 14.6 Å². The zero-order valence-electron chi connectivity index (χ0n) is 30.1. The first-order valence-corrected chi connectivity index (χ1v) is 22.0. The lowest BCUT2D eigenvalue weighted by Gasteiger charge is -2.71. The molecular weight excluding hydrogens is 679 g/mol. The van der Waals surface area contributed by atoms with Crippen molar-refractivity contribution in [1.82, 2.24) is 4.31 Å². The van der Waals surface area contributed by atoms with Crippen LogP contribution < -0.4 is 0 Å². The molecule has 2 spiro atoms. The molecule has 12 rings (SSSR count). The van der Waals surface area contributed by atoms with Crippen molar-refractivity contribution in [2.45, 2.75) is 113 Å². The van der Waals surface area contributed by atoms with Gasteiger partial charge in [0, 0.05) is 34.9 Å². The lowest BCUT2D eigenvalue weighted by molar-refractivity contribution is -0.175. The molecule has 6 bridgehead atoms. The van der Waals surface area contributed by atoms with Crippen molar-refractivity contribution in [3.05, 3.63) is 65.5 Å². The summed E-state index contributed by atoms with van der Waals surface area (Å²) in [5, 5.41) is 26.1. The fraction of sp³-hybridized carbons (Fsp3) is 0.690. The molecule has 0 aromatic carbocycles. The Labute approximate surface area is 306 Å². The Morgan fingerprint density at radius 2 is 1.59 bits per heavy atom. The van der Waals surface area contributed by atoms with E-state index in [1.807, 2.05) is 11.4 Å². The summed E-state index contributed by atoms with van der Waals surface area (Å²) >= 11 is 1.27. The molecule has 7 nitrogen and oxygen atoms in total. The number of hydrogen-bond donors (Lipinski definition) is 2. The normalized spacial score (nSPS) is 47.7. The van der Waals surface area contributed by atoms with Crippen molar-refractivity contribution >= 4 is 27.1 Å². The molecular formula is C42H53NO6S2. The lowest BCUT2D eigenvalue weighted by atomic mass is 9.32. The van der Waals surface area contributed by atoms with Gasteiger partial charge in [-0.3, -0.25) is 4.79 Å². The van der Waals surface area contributed by atoms with Crippen molar-refractivity contribution in [2.24, 2.45) is 56.7 Å². The first-order chi connectivity index (χ1) is 24.2. The maximum atomic E-state index is 14.7. The van der Waals surface area contributed by atoms with E-state index >= 15 is 0 Å². The third kappa shape index (κ3) is 4.39. The minimum absolute atomic E-state index is 0.0188. The minimum atomic E-state index is -3.84. The van der Waals surface area contributed by atoms with Crippen LogP contribution in [0.3, 0.4) is 0 Å². The molecule has 9 heteroatoms. The van der Waals surface area contributed by atoms with Gasteiger partial charge in [0.05, 0.1) is 18.0 Å². The molecule has 51 heavy (non-hydrogen) atoms. The van der Waals surface area contributed by atoms with Crippen LogP contribution in [0.5, 0.6) is 0 Å². The number of carbonyl (C=O) groups excluding carboxylic acids is 1. The summed E-state index contributed by atoms with van der Waals surface area (Å²) in [4.78, 5) is 14.6. The van der Waals surface area contributed by atoms with Crippen LogP contribution in [-0.4, -0.2) is 53.5 Å². The van der Waals surface area contributed by atoms with Crippen LogP contribution in [0.4, 0.5) is 0 Å². The molecule has 0 radical (unpaired) electrons. The van der Waals surface area contributed by atoms with Crippen molar-refractivity contribution in [1.29, 1.82) is 0 Å². The van der Waals surface area contributed by atoms with Gasteiger partial charge in [-0.15, -0.1) is 11.3 Å². The molecule has 2 aromatic heterocycles. The Hall–Kier alpha value is -2.04. The monoisotopic (exact) mass is 731 g/mol. The van der Waals surface area contributed by atoms with Gasteiger partial charge in [0.2, 0.25) is 5.78 Å². The summed E-state index contributed by atoms with van der Waals surface area (Å²) in [6.45, 7) is 5.17. The second-order valence-corrected chi connectivity index (χ2v) is 22.4. The molecule has 8 atom stereocenters. The van der Waals surface area contributed by atoms with Gasteiger partial charge in [-0.05, 0) is 147 Å². The molecule has 7 saturated carbocycles. The number of furan rings is 1. The van der Waals surface area contributed by atoms with E-state index in [9.17, 15) is 23.4 Å². The Morgan fingerprint density at radius 3 is 2.25 bits per heavy atom. The van der Waals surface area contributed by atoms with Gasteiger partial charge in [-0.25, -0.2) is 8.42 Å². The first kappa shape index (κ1) is 33.5. The van der Waals surface area contributed by atoms with Gasteiger partial charge in [-0.1, -0.05) is 38.1 Å². The van der Waals surface area contributed by atoms with Crippen LogP contribution in [0.2, 0.25) is 0 Å². The second kappa shape index (κ2) is 10.8. The molecule has 2 heterocycles. The highest BCUT2D eigenvalue weighted by Crippen LogP contribution is 2.78. The molecule has 2 N–H and O–H groups in total. The van der Waals surface area contributed by atoms with E-state index in [4.69, 9.17) is 4.42 Å². The van der Waals surface area contributed by atoms with E-state index in [2.05, 4.69) is 32.1 Å². The molecule has 274 valence electrons. The van der Waals surface area contributed by atoms with Crippen LogP contribution in [0.25, 0.3) is 0 Å². The topological polar surface area (TPSA) is 108 Å². The highest BCUT2D eigenvalue weighted by atomic mass is 32.2. The van der Waals surface area contributed by atoms with Crippen LogP contribution in [-0.2, 0) is 10.0 Å². The summed E-state index contributed by atoms with van der Waals surface area (Å²) in [6.07, 6.45) is 20.2. The van der Waals surface area contributed by atoms with Gasteiger partial charge in [0.15, 0.2) is 5.76 Å². The van der Waals surface area contributed by atoms with E-state index in [1.54, 1.807) is 28.8 Å². The third-order valence-electron chi connectivity index (χ3n) is 16.9. The number of allylic oxidation sites excluding steroid dienone is 4. The minimum Gasteiger partial charge on any atom is -0.461 e. The number of sulfonamides is 1. The van der Waals surface area contributed by atoms with Crippen LogP contribution in [0, 0.1) is 56.7 Å². The summed E-state index contributed by atoms with van der Waals surface area (Å²) in [5.41, 5.74) is -2.31. The maximum Gasteiger partial charge on any atom is 0.252 e. The van der Waals surface area contributed by atoms with Crippen LogP contribution in [0.15, 0.2) is 68.3 Å². The number of hydrogen-bond acceptors (Lipinski definition) is 7. The lowest BCUT2D eigenvalue weighted by Crippen LogP contribution is -2.67. The highest BCUT2D eigenvalue weighted by Gasteiger charge is 2.75. The van der Waals surface area contributed by atoms with Gasteiger partial charge >= 0.3 is 0 Å². The van der Waals surface area contributed by atoms with Crippen LogP contribution in [0.1, 0.15) is 108 Å². The highest BCUT2D eigenvalue weighted by molar-refractivity contribution is 7.91. The fourth-order valence-electron chi connectivity index (χ4n) is 15.1. The first-order valence-electron chi connectivity index (χ1n) is 19.7. The molecule has 10 aliphatic carbocycles. The summed E-state index contributed by atoms with van der Waals surface area (Å²) < 4.78 is 37.2. The average molecular weight is 732 g/mol. The SMILES string of the molecule is C[C@]12CC[C@H]3[C@]4(C=C[C@@]5(C=C4C(=O)c4ccco4)CC(O)CC[C@]35C)[C@@H]1CC[C@@]2(O)CN(CC12CC3CC(CC(C3)C1)C2)S(=O)(=O)c1cccs1. The van der Waals surface area contributed by atoms with Crippen molar-refractivity contribution in [2.75, 3.05) is 13.1 Å². The number of nitrogens with zero attached hydrogens (tertiary/aromatic N) is 1. The zero-order valence-corrected chi connectivity index (χ0v) is 31.7. The third-order valence-corrected chi connectivity index (χ3v) is 20.1. The van der Waals surface area contributed by atoms with E-state index in [0.29, 0.717) is 53.5 Å². The van der Waals surface area contributed by atoms with Crippen molar-refractivity contribution in [3.63, 3.8) is 0 Å². The maximum absolute atomic E-state index is 14.7. The Morgan fingerprint density at radius 1 is 0.902 bits per heavy atom. The number of carbonyl (C=O) groups is 1. The summed E-state index contributed by atoms with van der Waals surface area (Å²) in [5.74, 6) is 2.44. The van der Waals surface area contributed by atoms with E-state index < -0.39 is 38.0 Å². The number of thiophene rings is 1. The smallest absolute Gasteiger partial charge is 0.252 e. The average Bonchev–Trinajstić information content (AvgIpc) is 3.86. The van der Waals surface area contributed by atoms with Gasteiger partial charge in [-0.2, -0.15) is 4.31 Å². The molecule has 10 aliphatic rings. The number of Topliss-reactive ketones (excluding diaryl/α,β-unsaturated/α-hetero) is 1. The quantitative estimate of drug-likeness (QED) is 0.210. The number of aliphatic hydroxyl groups excluding tert-OH is 1. The largest absolute Gasteiger partial charge is 0.461 e. The number of rotatable bonds is 8. The predicted octanol–water partition coefficient (Wildman–Crippen LogP) is 8.02. The summed E-state index contributed by atoms with van der Waals surface area (Å²) in [7, 11) is -3.84. The standard InChI is InChI=1S/C42H53NO6S2/c1-37-10-7-30(44)23-40(37)13-14-42(31(24-40)36(45)32-5-3-15-49-32)33(37)8-11-38(2)34(42)9-12-41(38,46)26-43(51(47,48)35-6-4-16-50-35)25-39-20-27-17-28(21-39)19-29(18-27)22-39/h3-6,13-16,24,27-30,33-34,44,46H,7-12,17-23,25-26H2,1-2H3/t27?,28?,29?,30?,33-,34-,37-,38+,39?,40+,41-,42-/m1/s1. The van der Waals surface area contributed by atoms with Crippen molar-refractivity contribution in [3.8, 4) is 0 Å². The molecule has 0 amide bonds. The molecule has 7 fully saturated rings. The van der Waals surface area contributed by atoms with Crippen molar-refractivity contribution < 1.29 is 27.8 Å². The van der Waals surface area contributed by atoms with Gasteiger partial charge in [0.1, 0.15) is 4.21 Å². The van der Waals surface area contributed by atoms with E-state index in [-0.39, 0.29) is 35.0 Å². The fourth-order valence-corrected chi connectivity index (χ4v) is 17.8.